The molecule has 41 heavy (non-hydrogen) atoms. The predicted molar refractivity (Wildman–Crippen MR) is 166 cm³/mol. The number of carbonyl (C=O) groups is 1. The van der Waals surface area contributed by atoms with E-state index in [9.17, 15) is 9.59 Å². The topological polar surface area (TPSA) is 80.9 Å². The van der Waals surface area contributed by atoms with Crippen molar-refractivity contribution in [1.29, 1.82) is 0 Å². The first kappa shape index (κ1) is 30.8. The highest BCUT2D eigenvalue weighted by Crippen LogP contribution is 2.33. The summed E-state index contributed by atoms with van der Waals surface area (Å²) in [5.41, 5.74) is 5.59. The minimum atomic E-state index is -0.188. The van der Waals surface area contributed by atoms with Crippen LogP contribution >= 0.6 is 0 Å². The Morgan fingerprint density at radius 1 is 1.07 bits per heavy atom. The molecule has 2 aromatic rings. The van der Waals surface area contributed by atoms with Crippen molar-refractivity contribution in [2.24, 2.45) is 0 Å². The second-order valence-corrected chi connectivity index (χ2v) is 11.7. The van der Waals surface area contributed by atoms with Gasteiger partial charge in [0.05, 0.1) is 19.8 Å². The van der Waals surface area contributed by atoms with Gasteiger partial charge in [0.15, 0.2) is 0 Å². The molecule has 2 aliphatic rings. The number of nitrogens with one attached hydrogen (secondary N) is 2. The van der Waals surface area contributed by atoms with Gasteiger partial charge in [0.2, 0.25) is 0 Å². The van der Waals surface area contributed by atoms with Gasteiger partial charge in [-0.3, -0.25) is 14.5 Å². The van der Waals surface area contributed by atoms with Crippen molar-refractivity contribution in [1.82, 2.24) is 20.1 Å². The number of pyridine rings is 1. The number of anilines is 1. The molecular weight excluding hydrogens is 514 g/mol. The third kappa shape index (κ3) is 7.79. The van der Waals surface area contributed by atoms with Crippen LogP contribution in [0, 0.1) is 32.6 Å². The largest absolute Gasteiger partial charge is 0.379 e. The number of aryl methyl sites for hydroxylation is 2. The number of nitrogens with zero attached hydrogens (tertiary/aromatic N) is 3. The van der Waals surface area contributed by atoms with Gasteiger partial charge in [-0.25, -0.2) is 0 Å². The summed E-state index contributed by atoms with van der Waals surface area (Å²) in [5, 5.41) is 3.02. The zero-order valence-electron chi connectivity index (χ0n) is 25.7. The van der Waals surface area contributed by atoms with E-state index in [1.807, 2.05) is 32.9 Å². The molecule has 2 N–H and O–H groups in total. The smallest absolute Gasteiger partial charge is 0.253 e. The third-order valence-corrected chi connectivity index (χ3v) is 8.67. The average molecular weight is 562 g/mol. The van der Waals surface area contributed by atoms with Crippen LogP contribution in [0.1, 0.15) is 70.9 Å². The number of carbonyl (C=O) groups excluding carboxylic acids is 1. The molecule has 0 radical (unpaired) electrons. The van der Waals surface area contributed by atoms with Gasteiger partial charge in [-0.15, -0.1) is 0 Å². The van der Waals surface area contributed by atoms with Crippen LogP contribution in [0.25, 0.3) is 0 Å². The third-order valence-electron chi connectivity index (χ3n) is 8.67. The Hall–Kier alpha value is -3.12. The number of amides is 1. The van der Waals surface area contributed by atoms with E-state index in [0.717, 1.165) is 73.8 Å². The Balaban J connectivity index is 1.62. The zero-order chi connectivity index (χ0) is 29.5. The highest BCUT2D eigenvalue weighted by molar-refractivity contribution is 5.97. The molecular formula is C33H47N5O3. The number of hydrogen-bond acceptors (Lipinski definition) is 6. The summed E-state index contributed by atoms with van der Waals surface area (Å²) in [6, 6.07) is 7.05. The van der Waals surface area contributed by atoms with Crippen LogP contribution < -0.4 is 15.8 Å². The van der Waals surface area contributed by atoms with E-state index in [1.165, 1.54) is 12.8 Å². The van der Waals surface area contributed by atoms with Gasteiger partial charge in [0.25, 0.3) is 11.5 Å². The van der Waals surface area contributed by atoms with Crippen molar-refractivity contribution in [2.75, 3.05) is 58.4 Å². The Bertz CT molecular complexity index is 1320. The van der Waals surface area contributed by atoms with Crippen molar-refractivity contribution in [3.8, 4) is 11.8 Å². The molecule has 0 bridgehead atoms. The van der Waals surface area contributed by atoms with E-state index < -0.39 is 0 Å². The minimum Gasteiger partial charge on any atom is -0.379 e. The van der Waals surface area contributed by atoms with Gasteiger partial charge in [-0.05, 0) is 96.8 Å². The molecule has 1 aliphatic carbocycles. The van der Waals surface area contributed by atoms with E-state index in [2.05, 4.69) is 63.9 Å². The fourth-order valence-corrected chi connectivity index (χ4v) is 6.19. The van der Waals surface area contributed by atoms with E-state index in [-0.39, 0.29) is 18.0 Å². The predicted octanol–water partition coefficient (Wildman–Crippen LogP) is 3.61. The number of ether oxygens (including phenoxy) is 1. The summed E-state index contributed by atoms with van der Waals surface area (Å²) in [6.45, 7) is 13.0. The number of aromatic amines is 1. The van der Waals surface area contributed by atoms with Gasteiger partial charge in [0.1, 0.15) is 0 Å². The highest BCUT2D eigenvalue weighted by atomic mass is 16.5. The summed E-state index contributed by atoms with van der Waals surface area (Å²) in [5.74, 6) is 6.50. The molecule has 0 unspecified atom stereocenters. The van der Waals surface area contributed by atoms with Crippen molar-refractivity contribution >= 4 is 11.6 Å². The molecule has 1 aromatic carbocycles. The van der Waals surface area contributed by atoms with Crippen LogP contribution in [-0.2, 0) is 11.3 Å². The monoisotopic (exact) mass is 561 g/mol. The average Bonchev–Trinajstić information content (AvgIpc) is 2.95. The molecule has 2 heterocycles. The normalized spacial score (nSPS) is 19.5. The fourth-order valence-electron chi connectivity index (χ4n) is 6.19. The molecule has 1 aliphatic heterocycles. The minimum absolute atomic E-state index is 0.159. The Labute approximate surface area is 245 Å². The lowest BCUT2D eigenvalue weighted by Gasteiger charge is -2.40. The quantitative estimate of drug-likeness (QED) is 0.480. The number of morpholine rings is 1. The summed E-state index contributed by atoms with van der Waals surface area (Å²) < 4.78 is 5.46. The standard InChI is InChI=1S/C33H47N5O3/c1-7-38(28-12-10-27(11-13-28)36(5)6)31-21-26(9-8-14-37-15-17-41-18-16-37)20-29(25(31)4)32(39)34-22-30-23(2)19-24(3)35-33(30)40/h19-21,27-28H,7,10-18,22H2,1-6H3,(H,34,39)(H,35,40)/t27-,28-. The fraction of sp³-hybridized carbons (Fsp3) is 0.576. The van der Waals surface area contributed by atoms with Gasteiger partial charge in [-0.1, -0.05) is 11.8 Å². The molecule has 1 amide bonds. The van der Waals surface area contributed by atoms with Crippen LogP contribution in [0.2, 0.25) is 0 Å². The van der Waals surface area contributed by atoms with E-state index in [4.69, 9.17) is 4.74 Å². The van der Waals surface area contributed by atoms with E-state index >= 15 is 0 Å². The number of aromatic nitrogens is 1. The maximum atomic E-state index is 13.6. The summed E-state index contributed by atoms with van der Waals surface area (Å²) in [4.78, 5) is 36.1. The second-order valence-electron chi connectivity index (χ2n) is 11.7. The SMILES string of the molecule is CCN(c1cc(C#CCN2CCOCC2)cc(C(=O)NCc2c(C)cc(C)[nH]c2=O)c1C)[C@H]1CC[C@H](N(C)C)CC1. The van der Waals surface area contributed by atoms with Gasteiger partial charge in [-0.2, -0.15) is 0 Å². The lowest BCUT2D eigenvalue weighted by molar-refractivity contribution is 0.0443. The first-order chi connectivity index (χ1) is 19.7. The van der Waals surface area contributed by atoms with Crippen molar-refractivity contribution in [2.45, 2.75) is 72.0 Å². The van der Waals surface area contributed by atoms with Crippen molar-refractivity contribution in [3.05, 3.63) is 62.1 Å². The summed E-state index contributed by atoms with van der Waals surface area (Å²) in [6.07, 6.45) is 4.59. The first-order valence-corrected chi connectivity index (χ1v) is 15.0. The summed E-state index contributed by atoms with van der Waals surface area (Å²) >= 11 is 0. The molecule has 2 fully saturated rings. The molecule has 0 spiro atoms. The highest BCUT2D eigenvalue weighted by Gasteiger charge is 2.28. The van der Waals surface area contributed by atoms with Gasteiger partial charge >= 0.3 is 0 Å². The maximum absolute atomic E-state index is 13.6. The maximum Gasteiger partial charge on any atom is 0.253 e. The number of H-pyrrole nitrogens is 1. The zero-order valence-corrected chi connectivity index (χ0v) is 25.7. The second kappa shape index (κ2) is 14.2. The summed E-state index contributed by atoms with van der Waals surface area (Å²) in [7, 11) is 4.34. The number of rotatable bonds is 8. The molecule has 4 rings (SSSR count). The van der Waals surface area contributed by atoms with Gasteiger partial charge < -0.3 is 24.8 Å². The lowest BCUT2D eigenvalue weighted by Crippen LogP contribution is -2.42. The molecule has 1 saturated carbocycles. The molecule has 222 valence electrons. The molecule has 8 nitrogen and oxygen atoms in total. The first-order valence-electron chi connectivity index (χ1n) is 15.0. The van der Waals surface area contributed by atoms with Crippen molar-refractivity contribution in [3.63, 3.8) is 0 Å². The van der Waals surface area contributed by atoms with Gasteiger partial charge in [0, 0.05) is 66.3 Å². The lowest BCUT2D eigenvalue weighted by atomic mass is 9.88. The van der Waals surface area contributed by atoms with Crippen LogP contribution in [0.3, 0.4) is 0 Å². The molecule has 1 saturated heterocycles. The van der Waals surface area contributed by atoms with Crippen LogP contribution in [0.5, 0.6) is 0 Å². The van der Waals surface area contributed by atoms with Crippen LogP contribution in [-0.4, -0.2) is 86.3 Å². The molecule has 8 heteroatoms. The van der Waals surface area contributed by atoms with E-state index in [1.54, 1.807) is 0 Å². The number of hydrogen-bond donors (Lipinski definition) is 2. The van der Waals surface area contributed by atoms with Crippen LogP contribution in [0.4, 0.5) is 5.69 Å². The van der Waals surface area contributed by atoms with Crippen molar-refractivity contribution < 1.29 is 9.53 Å². The molecule has 1 aromatic heterocycles. The Morgan fingerprint density at radius 3 is 2.39 bits per heavy atom. The van der Waals surface area contributed by atoms with Crippen LogP contribution in [0.15, 0.2) is 23.0 Å². The Kier molecular flexibility index (Phi) is 10.7. The molecule has 0 atom stereocenters. The Morgan fingerprint density at radius 2 is 1.76 bits per heavy atom. The number of benzene rings is 1. The van der Waals surface area contributed by atoms with E-state index in [0.29, 0.717) is 29.8 Å².